The fourth-order valence-corrected chi connectivity index (χ4v) is 7.77. The van der Waals surface area contributed by atoms with Gasteiger partial charge in [-0.15, -0.1) is 10.2 Å². The maximum Gasteiger partial charge on any atom is 0.339 e. The minimum atomic E-state index is -5.51. The Balaban J connectivity index is 1.73. The number of carboxylic acids is 2. The van der Waals surface area contributed by atoms with E-state index in [-0.39, 0.29) is 11.4 Å². The van der Waals surface area contributed by atoms with E-state index in [1.165, 1.54) is 0 Å². The molecule has 0 spiro atoms. The van der Waals surface area contributed by atoms with Gasteiger partial charge in [-0.3, -0.25) is 18.4 Å². The van der Waals surface area contributed by atoms with Crippen LogP contribution < -0.4 is 4.72 Å². The summed E-state index contributed by atoms with van der Waals surface area (Å²) in [5, 5.41) is 62.6. The molecular weight excluding hydrogens is 847 g/mol. The van der Waals surface area contributed by atoms with Crippen LogP contribution in [0.2, 0.25) is 0 Å². The number of phenolic OH excluding ortho intramolecular Hbond substituents is 1. The van der Waals surface area contributed by atoms with E-state index in [9.17, 15) is 82.5 Å². The number of phenols is 3. The third kappa shape index (κ3) is 8.94. The molecule has 298 valence electrons. The van der Waals surface area contributed by atoms with Crippen molar-refractivity contribution in [2.45, 2.75) is 19.6 Å². The summed E-state index contributed by atoms with van der Waals surface area (Å²) < 4.78 is 132. The summed E-state index contributed by atoms with van der Waals surface area (Å²) in [7, 11) is -20.9. The first-order valence-corrected chi connectivity index (χ1v) is 20.5. The smallest absolute Gasteiger partial charge is 0.339 e. The third-order valence-corrected chi connectivity index (χ3v) is 11.4. The van der Waals surface area contributed by atoms with Gasteiger partial charge in [0, 0.05) is 0 Å². The van der Waals surface area contributed by atoms with Crippen molar-refractivity contribution in [1.82, 2.24) is 0 Å². The zero-order chi connectivity index (χ0) is 42.4. The number of carbonyl (C=O) groups is 2. The van der Waals surface area contributed by atoms with E-state index in [2.05, 4.69) is 20.5 Å². The van der Waals surface area contributed by atoms with Crippen molar-refractivity contribution in [3.8, 4) is 17.2 Å². The van der Waals surface area contributed by atoms with Crippen molar-refractivity contribution in [2.24, 2.45) is 20.5 Å². The Morgan fingerprint density at radius 2 is 1.09 bits per heavy atom. The molecule has 0 radical (unpaired) electrons. The lowest BCUT2D eigenvalue weighted by Gasteiger charge is -2.16. The van der Waals surface area contributed by atoms with Gasteiger partial charge in [0.15, 0.2) is 5.75 Å². The van der Waals surface area contributed by atoms with Crippen LogP contribution >= 0.6 is 0 Å². The largest absolute Gasteiger partial charge is 0.507 e. The molecule has 5 aromatic carbocycles. The molecule has 0 aliphatic heterocycles. The molecule has 0 saturated heterocycles. The molecule has 0 heterocycles. The number of benzene rings is 5. The van der Waals surface area contributed by atoms with E-state index in [4.69, 9.17) is 0 Å². The Kier molecular flexibility index (Phi) is 10.8. The Hall–Kier alpha value is -6.62. The van der Waals surface area contributed by atoms with Crippen molar-refractivity contribution < 1.29 is 82.5 Å². The number of nitrogens with zero attached hydrogens (tertiary/aromatic N) is 4. The molecular formula is C30H21N5O18S4. The number of anilines is 1. The topological polar surface area (TPSA) is 394 Å². The zero-order valence-electron chi connectivity index (χ0n) is 27.5. The van der Waals surface area contributed by atoms with Gasteiger partial charge in [0.2, 0.25) is 0 Å². The van der Waals surface area contributed by atoms with Gasteiger partial charge in [0.05, 0.1) is 32.2 Å². The molecule has 0 amide bonds. The van der Waals surface area contributed by atoms with E-state index < -0.39 is 128 Å². The predicted octanol–water partition coefficient (Wildman–Crippen LogP) is 4.72. The van der Waals surface area contributed by atoms with Crippen LogP contribution in [-0.2, 0) is 40.4 Å². The number of carboxylic acid groups (broad SMARTS) is 2. The Labute approximate surface area is 318 Å². The van der Waals surface area contributed by atoms with Crippen molar-refractivity contribution in [3.05, 3.63) is 83.9 Å². The van der Waals surface area contributed by atoms with Gasteiger partial charge in [0.1, 0.15) is 43.8 Å². The maximum atomic E-state index is 13.4. The van der Waals surface area contributed by atoms with Crippen LogP contribution in [0.4, 0.5) is 28.4 Å². The van der Waals surface area contributed by atoms with Gasteiger partial charge in [0.25, 0.3) is 40.4 Å². The van der Waals surface area contributed by atoms with Gasteiger partial charge < -0.3 is 25.5 Å². The molecule has 23 nitrogen and oxygen atoms in total. The zero-order valence-corrected chi connectivity index (χ0v) is 30.8. The molecule has 0 aromatic heterocycles. The van der Waals surface area contributed by atoms with E-state index >= 15 is 0 Å². The summed E-state index contributed by atoms with van der Waals surface area (Å²) in [6.45, 7) is 0. The van der Waals surface area contributed by atoms with Crippen LogP contribution in [-0.4, -0.2) is 84.8 Å². The monoisotopic (exact) mass is 867 g/mol. The van der Waals surface area contributed by atoms with E-state index in [1.54, 1.807) is 0 Å². The van der Waals surface area contributed by atoms with Crippen LogP contribution in [0.15, 0.2) is 113 Å². The molecule has 0 bridgehead atoms. The van der Waals surface area contributed by atoms with Gasteiger partial charge >= 0.3 is 11.9 Å². The van der Waals surface area contributed by atoms with E-state index in [1.807, 2.05) is 4.72 Å². The molecule has 27 heteroatoms. The maximum absolute atomic E-state index is 13.4. The number of azo groups is 2. The second-order valence-corrected chi connectivity index (χ2v) is 17.1. The standard InChI is InChI=1S/C30H21N5O18S4/c36-22-4-1-14(9-18(22)29(39)40)31-32-15-2-6-24(56(48,49)50)20(10-15)33-34-27-25(57(51,52)53)8-13-7-17(55(45,46)47)12-21(26(13)28(27)38)35-54(43,44)16-3-5-23(37)19(11-16)30(41)42/h1-12,35-38H,(H,39,40)(H,41,42)(H,45,46,47)(H,48,49,50)(H,51,52,53). The van der Waals surface area contributed by atoms with Gasteiger partial charge in [-0.25, -0.2) is 18.0 Å². The first-order valence-electron chi connectivity index (χ1n) is 14.7. The lowest BCUT2D eigenvalue weighted by molar-refractivity contribution is 0.0682. The normalized spacial score (nSPS) is 12.7. The number of rotatable bonds is 12. The summed E-state index contributed by atoms with van der Waals surface area (Å²) in [5.41, 5.74) is -4.86. The molecule has 5 aromatic rings. The van der Waals surface area contributed by atoms with Crippen molar-refractivity contribution >= 4 is 91.5 Å². The van der Waals surface area contributed by atoms with Crippen molar-refractivity contribution in [1.29, 1.82) is 0 Å². The van der Waals surface area contributed by atoms with Crippen LogP contribution in [0, 0.1) is 0 Å². The number of sulfonamides is 1. The highest BCUT2D eigenvalue weighted by Gasteiger charge is 2.28. The number of nitrogens with one attached hydrogen (secondary N) is 1. The molecule has 0 aliphatic rings. The third-order valence-electron chi connectivity index (χ3n) is 7.42. The molecule has 5 rings (SSSR count). The molecule has 0 saturated carbocycles. The van der Waals surface area contributed by atoms with Gasteiger partial charge in [-0.05, 0) is 78.2 Å². The van der Waals surface area contributed by atoms with Crippen LogP contribution in [0.5, 0.6) is 17.2 Å². The van der Waals surface area contributed by atoms with E-state index in [0.29, 0.717) is 30.3 Å². The first-order chi connectivity index (χ1) is 26.3. The lowest BCUT2D eigenvalue weighted by Crippen LogP contribution is -2.15. The second kappa shape index (κ2) is 14.8. The summed E-state index contributed by atoms with van der Waals surface area (Å²) in [4.78, 5) is 18.5. The minimum Gasteiger partial charge on any atom is -0.507 e. The number of fused-ring (bicyclic) bond motifs is 1. The van der Waals surface area contributed by atoms with Crippen LogP contribution in [0.3, 0.4) is 0 Å². The Morgan fingerprint density at radius 3 is 1.65 bits per heavy atom. The molecule has 0 aliphatic carbocycles. The highest BCUT2D eigenvalue weighted by Crippen LogP contribution is 2.46. The highest BCUT2D eigenvalue weighted by atomic mass is 32.2. The number of hydrogen-bond donors (Lipinski definition) is 9. The minimum absolute atomic E-state index is 0.123. The number of aromatic hydroxyl groups is 3. The SMILES string of the molecule is O=C(O)c1cc(N=Nc2ccc(S(=O)(=O)O)c(N=Nc3c(S(=O)(=O)O)cc4cc(S(=O)(=O)O)cc(NS(=O)(=O)c5ccc(O)c(C(=O)O)c5)c4c3O)c2)ccc1O. The molecule has 57 heavy (non-hydrogen) atoms. The van der Waals surface area contributed by atoms with Crippen LogP contribution in [0.25, 0.3) is 10.8 Å². The number of aromatic carboxylic acids is 2. The predicted molar refractivity (Wildman–Crippen MR) is 191 cm³/mol. The molecule has 9 N–H and O–H groups in total. The highest BCUT2D eigenvalue weighted by molar-refractivity contribution is 7.92. The van der Waals surface area contributed by atoms with Gasteiger partial charge in [-0.1, -0.05) is 0 Å². The quantitative estimate of drug-likeness (QED) is 0.0604. The Bertz CT molecular complexity index is 3080. The summed E-state index contributed by atoms with van der Waals surface area (Å²) in [5.74, 6) is -6.10. The second-order valence-electron chi connectivity index (χ2n) is 11.2. The lowest BCUT2D eigenvalue weighted by atomic mass is 10.1. The van der Waals surface area contributed by atoms with Gasteiger partial charge in [-0.2, -0.15) is 35.5 Å². The van der Waals surface area contributed by atoms with Crippen molar-refractivity contribution in [2.75, 3.05) is 4.72 Å². The summed E-state index contributed by atoms with van der Waals surface area (Å²) in [6, 6.07) is 8.93. The van der Waals surface area contributed by atoms with Crippen molar-refractivity contribution in [3.63, 3.8) is 0 Å². The fourth-order valence-electron chi connectivity index (χ4n) is 4.88. The average Bonchev–Trinajstić information content (AvgIpc) is 3.09. The van der Waals surface area contributed by atoms with E-state index in [0.717, 1.165) is 42.5 Å². The summed E-state index contributed by atoms with van der Waals surface area (Å²) in [6.07, 6.45) is 0. The average molecular weight is 868 g/mol. The molecule has 0 atom stereocenters. The molecule has 0 unspecified atom stereocenters. The van der Waals surface area contributed by atoms with Crippen LogP contribution in [0.1, 0.15) is 20.7 Å². The first kappa shape index (κ1) is 41.5. The fraction of sp³-hybridized carbons (Fsp3) is 0. The summed E-state index contributed by atoms with van der Waals surface area (Å²) >= 11 is 0. The molecule has 0 fully saturated rings. The number of hydrogen-bond acceptors (Lipinski definition) is 17. The Morgan fingerprint density at radius 1 is 0.544 bits per heavy atom.